The van der Waals surface area contributed by atoms with Gasteiger partial charge in [-0.15, -0.1) is 23.7 Å². The highest BCUT2D eigenvalue weighted by molar-refractivity contribution is 7.89. The van der Waals surface area contributed by atoms with Crippen LogP contribution < -0.4 is 5.73 Å². The number of hydrogen-bond donors (Lipinski definition) is 1. The van der Waals surface area contributed by atoms with Crippen LogP contribution in [0, 0.1) is 11.6 Å². The number of nitrogens with two attached hydrogens (primary N) is 1. The fourth-order valence-electron chi connectivity index (χ4n) is 2.60. The smallest absolute Gasteiger partial charge is 0.249 e. The number of hydrogen-bond acceptors (Lipinski definition) is 6. The summed E-state index contributed by atoms with van der Waals surface area (Å²) >= 11 is 1.38. The Kier molecular flexibility index (Phi) is 6.33. The second-order valence-corrected chi connectivity index (χ2v) is 8.42. The second-order valence-electron chi connectivity index (χ2n) is 5.40. The first kappa shape index (κ1) is 20.0. The van der Waals surface area contributed by atoms with Crippen LogP contribution in [0.25, 0.3) is 0 Å². The average Bonchev–Trinajstić information content (AvgIpc) is 2.92. The minimum absolute atomic E-state index is 0. The molecule has 1 aliphatic heterocycles. The molecule has 1 aliphatic rings. The van der Waals surface area contributed by atoms with Crippen molar-refractivity contribution in [1.29, 1.82) is 0 Å². The number of piperazine rings is 1. The number of halogens is 3. The number of sulfonamides is 1. The summed E-state index contributed by atoms with van der Waals surface area (Å²) < 4.78 is 53.7. The molecule has 1 saturated heterocycles. The molecule has 1 fully saturated rings. The second kappa shape index (κ2) is 7.92. The Labute approximate surface area is 154 Å². The van der Waals surface area contributed by atoms with E-state index in [0.29, 0.717) is 24.8 Å². The van der Waals surface area contributed by atoms with Gasteiger partial charge in [0, 0.05) is 43.8 Å². The van der Waals surface area contributed by atoms with Crippen LogP contribution in [-0.4, -0.2) is 48.8 Å². The molecule has 11 heteroatoms. The van der Waals surface area contributed by atoms with Crippen molar-refractivity contribution in [2.24, 2.45) is 0 Å². The molecule has 0 amide bonds. The standard InChI is InChI=1S/C14H16F2N4O2S2.ClH/c15-11-2-1-3-12(16)13(11)24(21,22)20-6-4-19(5-7-20)9-10-8-18-14(17)23-10;/h1-3,8H,4-7,9H2,(H2,17,18);1H. The number of nitrogen functional groups attached to an aromatic ring is 1. The van der Waals surface area contributed by atoms with Crippen LogP contribution in [0.2, 0.25) is 0 Å². The third-order valence-corrected chi connectivity index (χ3v) is 6.56. The molecule has 1 aromatic carbocycles. The number of benzene rings is 1. The van der Waals surface area contributed by atoms with Gasteiger partial charge in [0.05, 0.1) is 0 Å². The molecule has 3 rings (SSSR count). The Morgan fingerprint density at radius 2 is 1.76 bits per heavy atom. The van der Waals surface area contributed by atoms with Crippen molar-refractivity contribution >= 4 is 38.9 Å². The van der Waals surface area contributed by atoms with E-state index in [2.05, 4.69) is 9.88 Å². The SMILES string of the molecule is Cl.Nc1ncc(CN2CCN(S(=O)(=O)c3c(F)cccc3F)CC2)s1. The Balaban J connectivity index is 0.00000225. The Bertz CT molecular complexity index is 819. The quantitative estimate of drug-likeness (QED) is 0.833. The molecule has 2 aromatic rings. The summed E-state index contributed by atoms with van der Waals surface area (Å²) in [5.41, 5.74) is 5.59. The maximum absolute atomic E-state index is 13.8. The summed E-state index contributed by atoms with van der Waals surface area (Å²) in [4.78, 5) is 6.14. The van der Waals surface area contributed by atoms with Crippen LogP contribution in [0.5, 0.6) is 0 Å². The van der Waals surface area contributed by atoms with Crippen LogP contribution in [0.15, 0.2) is 29.3 Å². The van der Waals surface area contributed by atoms with E-state index in [9.17, 15) is 17.2 Å². The van der Waals surface area contributed by atoms with E-state index in [0.717, 1.165) is 27.4 Å². The molecule has 0 atom stereocenters. The largest absolute Gasteiger partial charge is 0.375 e. The molecule has 2 heterocycles. The van der Waals surface area contributed by atoms with Gasteiger partial charge in [0.15, 0.2) is 10.0 Å². The van der Waals surface area contributed by atoms with E-state index in [1.165, 1.54) is 11.3 Å². The van der Waals surface area contributed by atoms with Gasteiger partial charge in [-0.1, -0.05) is 6.07 Å². The molecule has 0 unspecified atom stereocenters. The normalized spacial score (nSPS) is 16.6. The van der Waals surface area contributed by atoms with Crippen molar-refractivity contribution in [3.05, 3.63) is 40.9 Å². The number of thiazole rings is 1. The third kappa shape index (κ3) is 4.26. The maximum atomic E-state index is 13.8. The number of rotatable bonds is 4. The zero-order valence-corrected chi connectivity index (χ0v) is 15.5. The topological polar surface area (TPSA) is 79.5 Å². The average molecular weight is 411 g/mol. The molecule has 25 heavy (non-hydrogen) atoms. The van der Waals surface area contributed by atoms with Crippen molar-refractivity contribution in [3.63, 3.8) is 0 Å². The lowest BCUT2D eigenvalue weighted by Crippen LogP contribution is -2.48. The van der Waals surface area contributed by atoms with Gasteiger partial charge in [-0.25, -0.2) is 22.2 Å². The summed E-state index contributed by atoms with van der Waals surface area (Å²) in [6.45, 7) is 1.89. The van der Waals surface area contributed by atoms with Crippen molar-refractivity contribution in [1.82, 2.24) is 14.2 Å². The van der Waals surface area contributed by atoms with Crippen molar-refractivity contribution in [2.75, 3.05) is 31.9 Å². The van der Waals surface area contributed by atoms with Crippen LogP contribution >= 0.6 is 23.7 Å². The van der Waals surface area contributed by atoms with Crippen molar-refractivity contribution in [3.8, 4) is 0 Å². The summed E-state index contributed by atoms with van der Waals surface area (Å²) in [5.74, 6) is -2.14. The molecule has 0 aliphatic carbocycles. The van der Waals surface area contributed by atoms with Gasteiger partial charge in [0.25, 0.3) is 0 Å². The lowest BCUT2D eigenvalue weighted by Gasteiger charge is -2.33. The van der Waals surface area contributed by atoms with Gasteiger partial charge in [-0.3, -0.25) is 4.90 Å². The highest BCUT2D eigenvalue weighted by Crippen LogP contribution is 2.24. The molecule has 138 valence electrons. The van der Waals surface area contributed by atoms with Gasteiger partial charge in [0.2, 0.25) is 10.0 Å². The summed E-state index contributed by atoms with van der Waals surface area (Å²) in [6, 6.07) is 3.03. The zero-order chi connectivity index (χ0) is 17.3. The van der Waals surface area contributed by atoms with E-state index in [1.54, 1.807) is 6.20 Å². The minimum atomic E-state index is -4.19. The third-order valence-electron chi connectivity index (χ3n) is 3.80. The monoisotopic (exact) mass is 410 g/mol. The van der Waals surface area contributed by atoms with Gasteiger partial charge in [0.1, 0.15) is 11.6 Å². The van der Waals surface area contributed by atoms with Gasteiger partial charge >= 0.3 is 0 Å². The number of nitrogens with zero attached hydrogens (tertiary/aromatic N) is 3. The summed E-state index contributed by atoms with van der Waals surface area (Å²) in [5, 5.41) is 0.487. The molecule has 6 nitrogen and oxygen atoms in total. The van der Waals surface area contributed by atoms with Crippen LogP contribution in [0.3, 0.4) is 0 Å². The molecular weight excluding hydrogens is 394 g/mol. The first-order valence-electron chi connectivity index (χ1n) is 7.24. The number of anilines is 1. The first-order valence-corrected chi connectivity index (χ1v) is 9.50. The molecule has 0 bridgehead atoms. The molecule has 2 N–H and O–H groups in total. The fraction of sp³-hybridized carbons (Fsp3) is 0.357. The predicted octanol–water partition coefficient (Wildman–Crippen LogP) is 1.93. The highest BCUT2D eigenvalue weighted by atomic mass is 35.5. The highest BCUT2D eigenvalue weighted by Gasteiger charge is 2.33. The van der Waals surface area contributed by atoms with Crippen molar-refractivity contribution in [2.45, 2.75) is 11.4 Å². The zero-order valence-electron chi connectivity index (χ0n) is 13.1. The van der Waals surface area contributed by atoms with Gasteiger partial charge in [-0.2, -0.15) is 4.31 Å². The predicted molar refractivity (Wildman–Crippen MR) is 94.2 cm³/mol. The molecule has 0 saturated carbocycles. The van der Waals surface area contributed by atoms with Crippen LogP contribution in [-0.2, 0) is 16.6 Å². The van der Waals surface area contributed by atoms with Gasteiger partial charge in [-0.05, 0) is 12.1 Å². The molecule has 1 aromatic heterocycles. The Morgan fingerprint density at radius 3 is 2.28 bits per heavy atom. The molecular formula is C14H17ClF2N4O2S2. The molecule has 0 radical (unpaired) electrons. The summed E-state index contributed by atoms with van der Waals surface area (Å²) in [6.07, 6.45) is 1.69. The van der Waals surface area contributed by atoms with E-state index >= 15 is 0 Å². The van der Waals surface area contributed by atoms with E-state index in [-0.39, 0.29) is 25.5 Å². The maximum Gasteiger partial charge on any atom is 0.249 e. The van der Waals surface area contributed by atoms with Crippen LogP contribution in [0.1, 0.15) is 4.88 Å². The van der Waals surface area contributed by atoms with Crippen LogP contribution in [0.4, 0.5) is 13.9 Å². The first-order chi connectivity index (χ1) is 11.4. The van der Waals surface area contributed by atoms with Gasteiger partial charge < -0.3 is 5.73 Å². The molecule has 0 spiro atoms. The van der Waals surface area contributed by atoms with E-state index < -0.39 is 26.6 Å². The lowest BCUT2D eigenvalue weighted by atomic mass is 10.3. The van der Waals surface area contributed by atoms with E-state index in [1.807, 2.05) is 0 Å². The lowest BCUT2D eigenvalue weighted by molar-refractivity contribution is 0.182. The minimum Gasteiger partial charge on any atom is -0.375 e. The Morgan fingerprint density at radius 1 is 1.16 bits per heavy atom. The number of aromatic nitrogens is 1. The fourth-order valence-corrected chi connectivity index (χ4v) is 4.86. The Hall–Kier alpha value is -1.33. The summed E-state index contributed by atoms with van der Waals surface area (Å²) in [7, 11) is -4.19. The van der Waals surface area contributed by atoms with Crippen molar-refractivity contribution < 1.29 is 17.2 Å². The van der Waals surface area contributed by atoms with E-state index in [4.69, 9.17) is 5.73 Å².